The van der Waals surface area contributed by atoms with Gasteiger partial charge in [-0.1, -0.05) is 35.5 Å². The standard InChI is InChI=1S/C23H26ClN3OS/c24-20-4-2-16(3-5-20)14-27(21(28)15-29-22-25-6-1-7-26-22)23-11-17-8-18(12-23)10-19(9-17)13-23/h1-7,17-19H,8-15H2. The largest absolute Gasteiger partial charge is 0.332 e. The lowest BCUT2D eigenvalue weighted by Crippen LogP contribution is -2.61. The van der Waals surface area contributed by atoms with E-state index in [2.05, 4.69) is 27.0 Å². The molecule has 4 saturated carbocycles. The molecule has 4 aliphatic rings. The molecule has 1 amide bonds. The van der Waals surface area contributed by atoms with E-state index in [9.17, 15) is 4.79 Å². The Morgan fingerprint density at radius 3 is 2.21 bits per heavy atom. The van der Waals surface area contributed by atoms with Crippen molar-refractivity contribution in [2.24, 2.45) is 17.8 Å². The molecule has 2 aromatic rings. The third kappa shape index (κ3) is 4.04. The highest BCUT2D eigenvalue weighted by Crippen LogP contribution is 2.58. The molecule has 0 aliphatic heterocycles. The maximum atomic E-state index is 13.5. The van der Waals surface area contributed by atoms with Gasteiger partial charge in [0.15, 0.2) is 5.16 Å². The zero-order valence-corrected chi connectivity index (χ0v) is 18.0. The molecule has 6 rings (SSSR count). The SMILES string of the molecule is O=C(CSc1ncccn1)N(Cc1ccc(Cl)cc1)C12CC3CC(CC(C3)C1)C2. The van der Waals surface area contributed by atoms with E-state index in [4.69, 9.17) is 11.6 Å². The first kappa shape index (κ1) is 19.4. The number of carbonyl (C=O) groups excluding carboxylic acids is 1. The van der Waals surface area contributed by atoms with Gasteiger partial charge in [-0.3, -0.25) is 4.79 Å². The lowest BCUT2D eigenvalue weighted by atomic mass is 9.52. The van der Waals surface area contributed by atoms with Crippen molar-refractivity contribution in [3.8, 4) is 0 Å². The average molecular weight is 428 g/mol. The van der Waals surface area contributed by atoms with Crippen LogP contribution in [0.25, 0.3) is 0 Å². The highest BCUT2D eigenvalue weighted by Gasteiger charge is 2.54. The van der Waals surface area contributed by atoms with Crippen LogP contribution in [0, 0.1) is 17.8 Å². The third-order valence-corrected chi connectivity index (χ3v) is 8.11. The van der Waals surface area contributed by atoms with Crippen molar-refractivity contribution in [3.63, 3.8) is 0 Å². The van der Waals surface area contributed by atoms with Crippen LogP contribution in [0.1, 0.15) is 44.1 Å². The van der Waals surface area contributed by atoms with Crippen LogP contribution >= 0.6 is 23.4 Å². The highest BCUT2D eigenvalue weighted by molar-refractivity contribution is 7.99. The minimum absolute atomic E-state index is 0.0313. The smallest absolute Gasteiger partial charge is 0.233 e. The maximum Gasteiger partial charge on any atom is 0.233 e. The normalized spacial score (nSPS) is 29.8. The number of hydrogen-bond acceptors (Lipinski definition) is 4. The average Bonchev–Trinajstić information content (AvgIpc) is 2.71. The second kappa shape index (κ2) is 7.92. The van der Waals surface area contributed by atoms with Crippen LogP contribution in [0.5, 0.6) is 0 Å². The number of hydrogen-bond donors (Lipinski definition) is 0. The van der Waals surface area contributed by atoms with E-state index in [1.807, 2.05) is 12.1 Å². The molecule has 6 heteroatoms. The molecule has 0 unspecified atom stereocenters. The molecule has 4 aliphatic carbocycles. The summed E-state index contributed by atoms with van der Waals surface area (Å²) in [5, 5.41) is 1.40. The summed E-state index contributed by atoms with van der Waals surface area (Å²) >= 11 is 7.53. The van der Waals surface area contributed by atoms with Crippen molar-refractivity contribution in [1.82, 2.24) is 14.9 Å². The van der Waals surface area contributed by atoms with Crippen LogP contribution in [0.2, 0.25) is 5.02 Å². The van der Waals surface area contributed by atoms with Crippen molar-refractivity contribution >= 4 is 29.3 Å². The topological polar surface area (TPSA) is 46.1 Å². The number of carbonyl (C=O) groups is 1. The molecular formula is C23H26ClN3OS. The van der Waals surface area contributed by atoms with Crippen molar-refractivity contribution in [1.29, 1.82) is 0 Å². The van der Waals surface area contributed by atoms with Crippen LogP contribution in [-0.2, 0) is 11.3 Å². The predicted molar refractivity (Wildman–Crippen MR) is 116 cm³/mol. The molecule has 1 heterocycles. The first-order valence-corrected chi connectivity index (χ1v) is 11.9. The number of amides is 1. The molecule has 1 aromatic heterocycles. The molecule has 0 atom stereocenters. The zero-order chi connectivity index (χ0) is 19.8. The monoisotopic (exact) mass is 427 g/mol. The van der Waals surface area contributed by atoms with Gasteiger partial charge < -0.3 is 4.90 Å². The van der Waals surface area contributed by atoms with Gasteiger partial charge in [0.25, 0.3) is 0 Å². The fourth-order valence-corrected chi connectivity index (χ4v) is 7.06. The molecule has 1 aromatic carbocycles. The number of aromatic nitrogens is 2. The quantitative estimate of drug-likeness (QED) is 0.468. The number of rotatable bonds is 6. The summed E-state index contributed by atoms with van der Waals surface area (Å²) in [5.74, 6) is 2.99. The minimum Gasteiger partial charge on any atom is -0.332 e. The van der Waals surface area contributed by atoms with E-state index in [-0.39, 0.29) is 11.4 Å². The predicted octanol–water partition coefficient (Wildman–Crippen LogP) is 5.22. The summed E-state index contributed by atoms with van der Waals surface area (Å²) in [7, 11) is 0. The van der Waals surface area contributed by atoms with E-state index in [0.29, 0.717) is 17.5 Å². The Balaban J connectivity index is 1.39. The van der Waals surface area contributed by atoms with Crippen LogP contribution in [0.15, 0.2) is 47.9 Å². The van der Waals surface area contributed by atoms with E-state index < -0.39 is 0 Å². The Bertz CT molecular complexity index is 838. The van der Waals surface area contributed by atoms with Gasteiger partial charge in [0, 0.05) is 29.5 Å². The maximum absolute atomic E-state index is 13.5. The molecule has 4 bridgehead atoms. The fourth-order valence-electron chi connectivity index (χ4n) is 6.25. The molecule has 0 radical (unpaired) electrons. The van der Waals surface area contributed by atoms with Gasteiger partial charge >= 0.3 is 0 Å². The number of benzene rings is 1. The zero-order valence-electron chi connectivity index (χ0n) is 16.5. The Morgan fingerprint density at radius 1 is 1.03 bits per heavy atom. The van der Waals surface area contributed by atoms with Crippen molar-refractivity contribution in [2.75, 3.05) is 5.75 Å². The third-order valence-electron chi connectivity index (χ3n) is 7.00. The number of halogens is 1. The van der Waals surface area contributed by atoms with Gasteiger partial charge in [-0.25, -0.2) is 9.97 Å². The summed E-state index contributed by atoms with van der Waals surface area (Å²) in [5.41, 5.74) is 1.18. The summed E-state index contributed by atoms with van der Waals surface area (Å²) < 4.78 is 0. The summed E-state index contributed by atoms with van der Waals surface area (Å²) in [4.78, 5) is 24.3. The fraction of sp³-hybridized carbons (Fsp3) is 0.522. The van der Waals surface area contributed by atoms with Gasteiger partial charge in [-0.05, 0) is 80.0 Å². The van der Waals surface area contributed by atoms with Crippen molar-refractivity contribution in [2.45, 2.75) is 55.8 Å². The number of nitrogens with zero attached hydrogens (tertiary/aromatic N) is 3. The first-order chi connectivity index (χ1) is 14.1. The van der Waals surface area contributed by atoms with Gasteiger partial charge in [0.1, 0.15) is 0 Å². The molecular weight excluding hydrogens is 402 g/mol. The second-order valence-electron chi connectivity index (χ2n) is 9.07. The highest BCUT2D eigenvalue weighted by atomic mass is 35.5. The van der Waals surface area contributed by atoms with E-state index in [1.54, 1.807) is 18.5 Å². The number of thioether (sulfide) groups is 1. The molecule has 29 heavy (non-hydrogen) atoms. The minimum atomic E-state index is 0.0313. The van der Waals surface area contributed by atoms with Crippen LogP contribution in [-0.4, -0.2) is 32.1 Å². The van der Waals surface area contributed by atoms with E-state index in [0.717, 1.165) is 28.3 Å². The molecule has 0 saturated heterocycles. The van der Waals surface area contributed by atoms with Gasteiger partial charge in [-0.15, -0.1) is 0 Å². The van der Waals surface area contributed by atoms with Crippen molar-refractivity contribution in [3.05, 3.63) is 53.3 Å². The second-order valence-corrected chi connectivity index (χ2v) is 10.4. The lowest BCUT2D eigenvalue weighted by molar-refractivity contribution is -0.149. The Hall–Kier alpha value is -1.59. The first-order valence-electron chi connectivity index (χ1n) is 10.5. The van der Waals surface area contributed by atoms with Crippen LogP contribution < -0.4 is 0 Å². The summed E-state index contributed by atoms with van der Waals surface area (Å²) in [6, 6.07) is 9.75. The van der Waals surface area contributed by atoms with Crippen LogP contribution in [0.4, 0.5) is 0 Å². The van der Waals surface area contributed by atoms with Crippen LogP contribution in [0.3, 0.4) is 0 Å². The molecule has 4 nitrogen and oxygen atoms in total. The van der Waals surface area contributed by atoms with Crippen molar-refractivity contribution < 1.29 is 4.79 Å². The van der Waals surface area contributed by atoms with Gasteiger partial charge in [0.2, 0.25) is 5.91 Å². The van der Waals surface area contributed by atoms with E-state index in [1.165, 1.54) is 50.3 Å². The van der Waals surface area contributed by atoms with Gasteiger partial charge in [-0.2, -0.15) is 0 Å². The summed E-state index contributed by atoms with van der Waals surface area (Å²) in [6.45, 7) is 0.665. The molecule has 152 valence electrons. The Labute approximate surface area is 181 Å². The Morgan fingerprint density at radius 2 is 1.62 bits per heavy atom. The molecule has 0 N–H and O–H groups in total. The molecule has 0 spiro atoms. The van der Waals surface area contributed by atoms with Gasteiger partial charge in [0.05, 0.1) is 5.75 Å². The summed E-state index contributed by atoms with van der Waals surface area (Å²) in [6.07, 6.45) is 11.1. The Kier molecular flexibility index (Phi) is 5.29. The molecule has 4 fully saturated rings. The van der Waals surface area contributed by atoms with E-state index >= 15 is 0 Å². The lowest BCUT2D eigenvalue weighted by Gasteiger charge is -2.60.